The van der Waals surface area contributed by atoms with E-state index in [4.69, 9.17) is 19.3 Å². The Balaban J connectivity index is 1.37. The minimum atomic E-state index is -0.407. The van der Waals surface area contributed by atoms with Crippen LogP contribution in [0.3, 0.4) is 0 Å². The molecule has 1 unspecified atom stereocenters. The van der Waals surface area contributed by atoms with Crippen molar-refractivity contribution in [1.29, 1.82) is 0 Å². The van der Waals surface area contributed by atoms with Crippen molar-refractivity contribution in [1.82, 2.24) is 19.2 Å². The Morgan fingerprint density at radius 2 is 1.85 bits per heavy atom. The molecule has 41 heavy (non-hydrogen) atoms. The second kappa shape index (κ2) is 10.1. The van der Waals surface area contributed by atoms with Crippen LogP contribution in [0.15, 0.2) is 91.1 Å². The van der Waals surface area contributed by atoms with E-state index in [1.54, 1.807) is 12.1 Å². The van der Waals surface area contributed by atoms with E-state index in [0.29, 0.717) is 30.3 Å². The summed E-state index contributed by atoms with van der Waals surface area (Å²) in [5.41, 5.74) is 5.28. The molecular formula is C32H29N5O4. The standard InChI is InChI=1S/C32H29N5O4/c1-3-39-25-12-7-9-22(17-25)30-27-13-8-16-35(27)31-26(21(2)34-37(31)24-10-5-4-6-11-24)19-36(30)32(38)33-23-14-15-28-29(18-23)41-20-40-28/h4-18,30H,3,19-20H2,1-2H3,(H,33,38). The summed E-state index contributed by atoms with van der Waals surface area (Å²) in [7, 11) is 0. The molecule has 5 aromatic rings. The number of nitrogens with one attached hydrogen (secondary N) is 1. The van der Waals surface area contributed by atoms with Crippen LogP contribution in [-0.4, -0.2) is 38.7 Å². The number of rotatable bonds is 5. The molecule has 2 aliphatic heterocycles. The third kappa shape index (κ3) is 4.35. The van der Waals surface area contributed by atoms with Crippen LogP contribution in [0.25, 0.3) is 11.5 Å². The van der Waals surface area contributed by atoms with Crippen molar-refractivity contribution in [3.63, 3.8) is 0 Å². The SMILES string of the molecule is CCOc1cccc(C2c3cccn3-c3c(c(C)nn3-c3ccccc3)CN2C(=O)Nc2ccc3c(c2)OCO3)c1. The zero-order valence-corrected chi connectivity index (χ0v) is 22.8. The highest BCUT2D eigenvalue weighted by molar-refractivity contribution is 5.90. The highest BCUT2D eigenvalue weighted by atomic mass is 16.7. The predicted molar refractivity (Wildman–Crippen MR) is 154 cm³/mol. The summed E-state index contributed by atoms with van der Waals surface area (Å²) in [5, 5.41) is 8.03. The summed E-state index contributed by atoms with van der Waals surface area (Å²) in [5.74, 6) is 2.94. The molecule has 1 N–H and O–H groups in total. The number of benzene rings is 3. The fraction of sp³-hybridized carbons (Fsp3) is 0.188. The smallest absolute Gasteiger partial charge is 0.322 e. The van der Waals surface area contributed by atoms with Crippen LogP contribution in [0.1, 0.15) is 35.5 Å². The number of aryl methyl sites for hydroxylation is 1. The quantitative estimate of drug-likeness (QED) is 0.282. The Morgan fingerprint density at radius 1 is 1.00 bits per heavy atom. The molecule has 3 aromatic carbocycles. The first kappa shape index (κ1) is 24.8. The number of anilines is 1. The molecule has 0 aliphatic carbocycles. The number of fused-ring (bicyclic) bond motifs is 4. The number of hydrogen-bond acceptors (Lipinski definition) is 5. The van der Waals surface area contributed by atoms with E-state index in [1.165, 1.54) is 0 Å². The molecule has 7 rings (SSSR count). The molecule has 0 fully saturated rings. The zero-order chi connectivity index (χ0) is 27.9. The van der Waals surface area contributed by atoms with Crippen LogP contribution in [0.4, 0.5) is 10.5 Å². The topological polar surface area (TPSA) is 82.8 Å². The Morgan fingerprint density at radius 3 is 2.71 bits per heavy atom. The van der Waals surface area contributed by atoms with E-state index >= 15 is 0 Å². The first-order chi connectivity index (χ1) is 20.1. The van der Waals surface area contributed by atoms with E-state index < -0.39 is 6.04 Å². The molecule has 0 saturated carbocycles. The van der Waals surface area contributed by atoms with Gasteiger partial charge in [-0.2, -0.15) is 5.10 Å². The van der Waals surface area contributed by atoms with Gasteiger partial charge in [-0.3, -0.25) is 0 Å². The number of carbonyl (C=O) groups is 1. The second-order valence-electron chi connectivity index (χ2n) is 9.97. The molecule has 1 atom stereocenters. The lowest BCUT2D eigenvalue weighted by atomic mass is 10.0. The number of urea groups is 1. The van der Waals surface area contributed by atoms with Gasteiger partial charge in [-0.25, -0.2) is 9.48 Å². The van der Waals surface area contributed by atoms with Gasteiger partial charge in [0, 0.05) is 23.5 Å². The lowest BCUT2D eigenvalue weighted by Crippen LogP contribution is -2.38. The highest BCUT2D eigenvalue weighted by Gasteiger charge is 2.36. The average Bonchev–Trinajstić information content (AvgIpc) is 3.71. The predicted octanol–water partition coefficient (Wildman–Crippen LogP) is 6.24. The maximum absolute atomic E-state index is 14.2. The molecule has 2 aromatic heterocycles. The summed E-state index contributed by atoms with van der Waals surface area (Å²) in [6, 6.07) is 26.8. The van der Waals surface area contributed by atoms with Crippen LogP contribution < -0.4 is 19.5 Å². The van der Waals surface area contributed by atoms with Crippen molar-refractivity contribution in [2.24, 2.45) is 0 Å². The van der Waals surface area contributed by atoms with E-state index in [9.17, 15) is 4.79 Å². The highest BCUT2D eigenvalue weighted by Crippen LogP contribution is 2.40. The van der Waals surface area contributed by atoms with Gasteiger partial charge in [0.25, 0.3) is 0 Å². The van der Waals surface area contributed by atoms with Gasteiger partial charge in [0.15, 0.2) is 11.5 Å². The molecule has 0 bridgehead atoms. The van der Waals surface area contributed by atoms with Crippen LogP contribution in [0, 0.1) is 6.92 Å². The largest absolute Gasteiger partial charge is 0.494 e. The number of aromatic nitrogens is 3. The minimum absolute atomic E-state index is 0.168. The Bertz CT molecular complexity index is 1740. The summed E-state index contributed by atoms with van der Waals surface area (Å²) >= 11 is 0. The molecular weight excluding hydrogens is 518 g/mol. The lowest BCUT2D eigenvalue weighted by Gasteiger charge is -2.31. The first-order valence-electron chi connectivity index (χ1n) is 13.6. The fourth-order valence-corrected chi connectivity index (χ4v) is 5.61. The normalized spacial score (nSPS) is 15.2. The molecule has 2 aliphatic rings. The molecule has 9 nitrogen and oxygen atoms in total. The summed E-state index contributed by atoms with van der Waals surface area (Å²) in [4.78, 5) is 16.1. The van der Waals surface area contributed by atoms with Crippen molar-refractivity contribution < 1.29 is 19.0 Å². The zero-order valence-electron chi connectivity index (χ0n) is 22.8. The monoisotopic (exact) mass is 547 g/mol. The third-order valence-corrected chi connectivity index (χ3v) is 7.46. The van der Waals surface area contributed by atoms with Crippen molar-refractivity contribution in [2.45, 2.75) is 26.4 Å². The Hall–Kier alpha value is -5.18. The fourth-order valence-electron chi connectivity index (χ4n) is 5.61. The number of hydrogen-bond donors (Lipinski definition) is 1. The average molecular weight is 548 g/mol. The van der Waals surface area contributed by atoms with Crippen molar-refractivity contribution in [3.8, 4) is 28.8 Å². The van der Waals surface area contributed by atoms with Gasteiger partial charge in [0.1, 0.15) is 11.6 Å². The third-order valence-electron chi connectivity index (χ3n) is 7.46. The van der Waals surface area contributed by atoms with E-state index in [-0.39, 0.29) is 12.8 Å². The van der Waals surface area contributed by atoms with Gasteiger partial charge in [0.05, 0.1) is 36.3 Å². The lowest BCUT2D eigenvalue weighted by molar-refractivity contribution is 0.174. The molecule has 9 heteroatoms. The van der Waals surface area contributed by atoms with Crippen LogP contribution in [0.2, 0.25) is 0 Å². The van der Waals surface area contributed by atoms with Crippen LogP contribution in [-0.2, 0) is 6.54 Å². The molecule has 0 radical (unpaired) electrons. The van der Waals surface area contributed by atoms with Gasteiger partial charge < -0.3 is 29.0 Å². The van der Waals surface area contributed by atoms with Gasteiger partial charge in [0.2, 0.25) is 6.79 Å². The van der Waals surface area contributed by atoms with Crippen LogP contribution in [0.5, 0.6) is 17.2 Å². The maximum Gasteiger partial charge on any atom is 0.322 e. The molecule has 2 amide bonds. The molecule has 0 spiro atoms. The van der Waals surface area contributed by atoms with E-state index in [0.717, 1.165) is 39.8 Å². The van der Waals surface area contributed by atoms with Crippen LogP contribution >= 0.6 is 0 Å². The van der Waals surface area contributed by atoms with Crippen molar-refractivity contribution in [3.05, 3.63) is 114 Å². The summed E-state index contributed by atoms with van der Waals surface area (Å²) in [6.07, 6.45) is 2.04. The van der Waals surface area contributed by atoms with E-state index in [2.05, 4.69) is 16.0 Å². The molecule has 4 heterocycles. The van der Waals surface area contributed by atoms with Gasteiger partial charge in [-0.05, 0) is 67.9 Å². The van der Waals surface area contributed by atoms with Crippen molar-refractivity contribution in [2.75, 3.05) is 18.7 Å². The number of amides is 2. The van der Waals surface area contributed by atoms with Gasteiger partial charge in [-0.1, -0.05) is 30.3 Å². The Kier molecular flexibility index (Phi) is 6.11. The molecule has 206 valence electrons. The van der Waals surface area contributed by atoms with E-state index in [1.807, 2.05) is 96.4 Å². The van der Waals surface area contributed by atoms with Gasteiger partial charge in [-0.15, -0.1) is 0 Å². The van der Waals surface area contributed by atoms with Crippen molar-refractivity contribution >= 4 is 11.7 Å². The number of nitrogens with zero attached hydrogens (tertiary/aromatic N) is 4. The first-order valence-corrected chi connectivity index (χ1v) is 13.6. The second-order valence-corrected chi connectivity index (χ2v) is 9.97. The number of carbonyl (C=O) groups excluding carboxylic acids is 1. The maximum atomic E-state index is 14.2. The Labute approximate surface area is 237 Å². The van der Waals surface area contributed by atoms with Gasteiger partial charge >= 0.3 is 6.03 Å². The number of para-hydroxylation sites is 1. The minimum Gasteiger partial charge on any atom is -0.494 e. The molecule has 0 saturated heterocycles. The number of ether oxygens (including phenoxy) is 3. The summed E-state index contributed by atoms with van der Waals surface area (Å²) < 4.78 is 20.9. The summed E-state index contributed by atoms with van der Waals surface area (Å²) in [6.45, 7) is 5.02.